The molecule has 1 heteroatoms. The predicted octanol–water partition coefficient (Wildman–Crippen LogP) is 2.76. The van der Waals surface area contributed by atoms with Crippen molar-refractivity contribution in [2.24, 2.45) is 5.41 Å². The summed E-state index contributed by atoms with van der Waals surface area (Å²) in [5, 5.41) is 0. The molecule has 68 valence electrons. The van der Waals surface area contributed by atoms with Crippen LogP contribution < -0.4 is 0 Å². The maximum absolute atomic E-state index is 2.39. The zero-order valence-electron chi connectivity index (χ0n) is 8.78. The van der Waals surface area contributed by atoms with Gasteiger partial charge in [-0.15, -0.1) is 0 Å². The third-order valence-electron chi connectivity index (χ3n) is 2.87. The lowest BCUT2D eigenvalue weighted by atomic mass is 9.81. The van der Waals surface area contributed by atoms with Crippen LogP contribution in [0.2, 0.25) is 0 Å². The molecule has 0 aliphatic rings. The van der Waals surface area contributed by atoms with Crippen LogP contribution in [-0.2, 0) is 0 Å². The van der Waals surface area contributed by atoms with E-state index in [0.717, 1.165) is 0 Å². The Morgan fingerprint density at radius 3 is 1.82 bits per heavy atom. The fraction of sp³-hybridized carbons (Fsp3) is 1.00. The van der Waals surface area contributed by atoms with Gasteiger partial charge in [-0.3, -0.25) is 0 Å². The summed E-state index contributed by atoms with van der Waals surface area (Å²) >= 11 is 0. The fourth-order valence-electron chi connectivity index (χ4n) is 1.10. The number of hydrogen-bond donors (Lipinski definition) is 0. The molecule has 0 atom stereocenters. The predicted molar refractivity (Wildman–Crippen MR) is 51.9 cm³/mol. The number of hydrogen-bond acceptors (Lipinski definition) is 1. The molecule has 0 saturated heterocycles. The van der Waals surface area contributed by atoms with Gasteiger partial charge in [-0.25, -0.2) is 0 Å². The molecule has 0 spiro atoms. The van der Waals surface area contributed by atoms with Crippen LogP contribution in [0.3, 0.4) is 0 Å². The summed E-state index contributed by atoms with van der Waals surface area (Å²) < 4.78 is 0. The molecule has 11 heavy (non-hydrogen) atoms. The van der Waals surface area contributed by atoms with Crippen LogP contribution in [0.15, 0.2) is 0 Å². The normalized spacial score (nSPS) is 12.5. The first-order chi connectivity index (χ1) is 5.04. The fourth-order valence-corrected chi connectivity index (χ4v) is 1.10. The van der Waals surface area contributed by atoms with Crippen molar-refractivity contribution in [1.82, 2.24) is 4.90 Å². The molecule has 0 rings (SSSR count). The second-order valence-corrected chi connectivity index (χ2v) is 4.07. The van der Waals surface area contributed by atoms with Crippen molar-refractivity contribution in [2.75, 3.05) is 20.6 Å². The molecule has 0 aromatic rings. The molecule has 1 nitrogen and oxygen atoms in total. The smallest absolute Gasteiger partial charge is 0.00196 e. The van der Waals surface area contributed by atoms with E-state index in [-0.39, 0.29) is 0 Å². The highest BCUT2D eigenvalue weighted by Gasteiger charge is 2.18. The van der Waals surface area contributed by atoms with Crippen molar-refractivity contribution >= 4 is 0 Å². The third kappa shape index (κ3) is 4.41. The van der Waals surface area contributed by atoms with Crippen LogP contribution in [0.1, 0.15) is 40.0 Å². The van der Waals surface area contributed by atoms with Gasteiger partial charge in [0.2, 0.25) is 0 Å². The van der Waals surface area contributed by atoms with E-state index >= 15 is 0 Å². The van der Waals surface area contributed by atoms with Crippen LogP contribution in [0.5, 0.6) is 0 Å². The van der Waals surface area contributed by atoms with E-state index in [1.807, 2.05) is 0 Å². The Balaban J connectivity index is 3.69. The molecule has 0 radical (unpaired) electrons. The van der Waals surface area contributed by atoms with Crippen molar-refractivity contribution in [3.8, 4) is 0 Å². The van der Waals surface area contributed by atoms with Gasteiger partial charge in [-0.05, 0) is 32.5 Å². The van der Waals surface area contributed by atoms with E-state index < -0.39 is 0 Å². The molecular weight excluding hydrogens is 134 g/mol. The molecule has 0 amide bonds. The summed E-state index contributed by atoms with van der Waals surface area (Å²) in [6.45, 7) is 8.19. The molecule has 0 N–H and O–H groups in total. The maximum atomic E-state index is 2.39. The van der Waals surface area contributed by atoms with Crippen LogP contribution in [0.4, 0.5) is 0 Å². The zero-order valence-corrected chi connectivity index (χ0v) is 8.78. The number of rotatable bonds is 5. The molecule has 0 fully saturated rings. The molecule has 0 aliphatic carbocycles. The van der Waals surface area contributed by atoms with Crippen LogP contribution >= 0.6 is 0 Å². The van der Waals surface area contributed by atoms with E-state index in [4.69, 9.17) is 0 Å². The van der Waals surface area contributed by atoms with Gasteiger partial charge in [-0.2, -0.15) is 0 Å². The van der Waals surface area contributed by atoms with Crippen molar-refractivity contribution in [3.63, 3.8) is 0 Å². The Hall–Kier alpha value is -0.0400. The Labute approximate surface area is 71.8 Å². The maximum Gasteiger partial charge on any atom is -0.00196 e. The van der Waals surface area contributed by atoms with Crippen LogP contribution in [0, 0.1) is 5.41 Å². The highest BCUT2D eigenvalue weighted by molar-refractivity contribution is 4.71. The quantitative estimate of drug-likeness (QED) is 0.593. The first kappa shape index (κ1) is 11.0. The lowest BCUT2D eigenvalue weighted by Gasteiger charge is -2.28. The Morgan fingerprint density at radius 2 is 1.55 bits per heavy atom. The summed E-state index contributed by atoms with van der Waals surface area (Å²) in [7, 11) is 4.29. The van der Waals surface area contributed by atoms with Crippen LogP contribution in [0.25, 0.3) is 0 Å². The first-order valence-electron chi connectivity index (χ1n) is 4.69. The van der Waals surface area contributed by atoms with Crippen molar-refractivity contribution < 1.29 is 0 Å². The molecule has 0 aromatic carbocycles. The van der Waals surface area contributed by atoms with Crippen molar-refractivity contribution in [2.45, 2.75) is 40.0 Å². The topological polar surface area (TPSA) is 3.24 Å². The van der Waals surface area contributed by atoms with Crippen molar-refractivity contribution in [1.29, 1.82) is 0 Å². The van der Waals surface area contributed by atoms with E-state index in [2.05, 4.69) is 39.8 Å². The average Bonchev–Trinajstić information content (AvgIpc) is 2.00. The minimum Gasteiger partial charge on any atom is -0.309 e. The molecular formula is C10H23N. The van der Waals surface area contributed by atoms with Gasteiger partial charge in [0.25, 0.3) is 0 Å². The van der Waals surface area contributed by atoms with Gasteiger partial charge in [0, 0.05) is 0 Å². The van der Waals surface area contributed by atoms with Crippen molar-refractivity contribution in [3.05, 3.63) is 0 Å². The number of nitrogens with zero attached hydrogens (tertiary/aromatic N) is 1. The minimum absolute atomic E-state index is 0.574. The molecule has 0 saturated carbocycles. The second-order valence-electron chi connectivity index (χ2n) is 4.07. The van der Waals surface area contributed by atoms with Gasteiger partial charge in [-0.1, -0.05) is 33.6 Å². The molecule has 0 aliphatic heterocycles. The van der Waals surface area contributed by atoms with Gasteiger partial charge < -0.3 is 4.90 Å². The second kappa shape index (κ2) is 4.76. The Morgan fingerprint density at radius 1 is 1.09 bits per heavy atom. The Kier molecular flexibility index (Phi) is 4.74. The van der Waals surface area contributed by atoms with E-state index in [0.29, 0.717) is 5.41 Å². The standard InChI is InChI=1S/C10H23N/c1-6-10(3,7-2)8-9-11(4)5/h6-9H2,1-5H3. The highest BCUT2D eigenvalue weighted by Crippen LogP contribution is 2.29. The summed E-state index contributed by atoms with van der Waals surface area (Å²) in [6.07, 6.45) is 3.93. The lowest BCUT2D eigenvalue weighted by molar-refractivity contribution is 0.233. The van der Waals surface area contributed by atoms with Crippen LogP contribution in [-0.4, -0.2) is 25.5 Å². The highest BCUT2D eigenvalue weighted by atomic mass is 15.0. The third-order valence-corrected chi connectivity index (χ3v) is 2.87. The van der Waals surface area contributed by atoms with Gasteiger partial charge in [0.1, 0.15) is 0 Å². The molecule has 0 bridgehead atoms. The van der Waals surface area contributed by atoms with Gasteiger partial charge in [0.05, 0.1) is 0 Å². The summed E-state index contributed by atoms with van der Waals surface area (Å²) in [4.78, 5) is 2.27. The Bertz CT molecular complexity index is 93.0. The average molecular weight is 157 g/mol. The lowest BCUT2D eigenvalue weighted by Crippen LogP contribution is -2.22. The van der Waals surface area contributed by atoms with E-state index in [1.54, 1.807) is 0 Å². The monoisotopic (exact) mass is 157 g/mol. The summed E-state index contributed by atoms with van der Waals surface area (Å²) in [5.41, 5.74) is 0.574. The minimum atomic E-state index is 0.574. The first-order valence-corrected chi connectivity index (χ1v) is 4.69. The van der Waals surface area contributed by atoms with E-state index in [9.17, 15) is 0 Å². The summed E-state index contributed by atoms with van der Waals surface area (Å²) in [5.74, 6) is 0. The van der Waals surface area contributed by atoms with E-state index in [1.165, 1.54) is 25.8 Å². The largest absolute Gasteiger partial charge is 0.309 e. The zero-order chi connectivity index (χ0) is 8.91. The summed E-state index contributed by atoms with van der Waals surface area (Å²) in [6, 6.07) is 0. The molecule has 0 aromatic heterocycles. The molecule has 0 unspecified atom stereocenters. The SMILES string of the molecule is CCC(C)(CC)CCN(C)C. The molecule has 0 heterocycles. The van der Waals surface area contributed by atoms with Gasteiger partial charge in [0.15, 0.2) is 0 Å². The van der Waals surface area contributed by atoms with Gasteiger partial charge >= 0.3 is 0 Å².